The Hall–Kier alpha value is -1.19. The van der Waals surface area contributed by atoms with E-state index in [0.29, 0.717) is 0 Å². The van der Waals surface area contributed by atoms with Crippen LogP contribution in [0.15, 0.2) is 23.0 Å². The molecule has 96 valence electrons. The Morgan fingerprint density at radius 3 is 2.50 bits per heavy atom. The lowest BCUT2D eigenvalue weighted by Crippen LogP contribution is -2.23. The van der Waals surface area contributed by atoms with Crippen LogP contribution in [0, 0.1) is 20.8 Å². The Balaban J connectivity index is 2.46. The topological polar surface area (TPSA) is 24.9 Å². The van der Waals surface area contributed by atoms with Crippen molar-refractivity contribution in [2.24, 2.45) is 0 Å². The lowest BCUT2D eigenvalue weighted by molar-refractivity contribution is 0.615. The lowest BCUT2D eigenvalue weighted by Gasteiger charge is -2.20. The van der Waals surface area contributed by atoms with E-state index in [-0.39, 0.29) is 6.04 Å². The number of aromatic nitrogens is 1. The van der Waals surface area contributed by atoms with Crippen LogP contribution in [0.25, 0.3) is 0 Å². The van der Waals surface area contributed by atoms with Crippen LogP contribution >= 0.6 is 11.3 Å². The van der Waals surface area contributed by atoms with E-state index in [1.165, 1.54) is 22.3 Å². The van der Waals surface area contributed by atoms with Crippen molar-refractivity contribution in [2.75, 3.05) is 6.54 Å². The molecule has 3 heteroatoms. The molecule has 18 heavy (non-hydrogen) atoms. The van der Waals surface area contributed by atoms with Crippen molar-refractivity contribution in [2.45, 2.75) is 33.7 Å². The minimum Gasteiger partial charge on any atom is -0.305 e. The van der Waals surface area contributed by atoms with E-state index in [1.807, 2.05) is 5.51 Å². The Morgan fingerprint density at radius 2 is 1.89 bits per heavy atom. The van der Waals surface area contributed by atoms with Gasteiger partial charge in [-0.05, 0) is 49.6 Å². The van der Waals surface area contributed by atoms with E-state index in [1.54, 1.807) is 11.3 Å². The number of nitrogens with zero attached hydrogens (tertiary/aromatic N) is 1. The molecule has 0 radical (unpaired) electrons. The number of hydrogen-bond donors (Lipinski definition) is 1. The van der Waals surface area contributed by atoms with Gasteiger partial charge in [0, 0.05) is 5.38 Å². The zero-order chi connectivity index (χ0) is 13.1. The fourth-order valence-corrected chi connectivity index (χ4v) is 2.82. The number of hydrogen-bond acceptors (Lipinski definition) is 3. The number of benzene rings is 1. The smallest absolute Gasteiger partial charge is 0.0795 e. The molecule has 0 amide bonds. The summed E-state index contributed by atoms with van der Waals surface area (Å²) < 4.78 is 0. The third kappa shape index (κ3) is 2.62. The van der Waals surface area contributed by atoms with Crippen molar-refractivity contribution in [1.82, 2.24) is 10.3 Å². The molecule has 0 aliphatic carbocycles. The standard InChI is InChI=1S/C15H20N2S/c1-5-16-15(14-8-18-9-17-14)13-7-11(3)10(2)6-12(13)4/h6-9,15-16H,5H2,1-4H3. The SMILES string of the molecule is CCNC(c1cscn1)c1cc(C)c(C)cc1C. The zero-order valence-electron chi connectivity index (χ0n) is 11.4. The molecule has 1 aromatic heterocycles. The monoisotopic (exact) mass is 260 g/mol. The van der Waals surface area contributed by atoms with Gasteiger partial charge in [0.05, 0.1) is 17.2 Å². The fraction of sp³-hybridized carbons (Fsp3) is 0.400. The van der Waals surface area contributed by atoms with Gasteiger partial charge in [-0.1, -0.05) is 19.1 Å². The summed E-state index contributed by atoms with van der Waals surface area (Å²) in [5, 5.41) is 5.66. The first kappa shape index (κ1) is 13.2. The first-order valence-electron chi connectivity index (χ1n) is 6.32. The molecule has 2 aromatic rings. The number of nitrogens with one attached hydrogen (secondary N) is 1. The van der Waals surface area contributed by atoms with Crippen molar-refractivity contribution in [3.63, 3.8) is 0 Å². The van der Waals surface area contributed by atoms with Crippen molar-refractivity contribution in [3.8, 4) is 0 Å². The van der Waals surface area contributed by atoms with E-state index in [9.17, 15) is 0 Å². The van der Waals surface area contributed by atoms with Gasteiger partial charge in [0.15, 0.2) is 0 Å². The summed E-state index contributed by atoms with van der Waals surface area (Å²) in [6, 6.07) is 4.76. The lowest BCUT2D eigenvalue weighted by atomic mass is 9.94. The van der Waals surface area contributed by atoms with Gasteiger partial charge >= 0.3 is 0 Å². The van der Waals surface area contributed by atoms with Crippen LogP contribution in [-0.4, -0.2) is 11.5 Å². The molecule has 1 aromatic carbocycles. The molecule has 1 unspecified atom stereocenters. The average Bonchev–Trinajstić information content (AvgIpc) is 2.85. The minimum absolute atomic E-state index is 0.209. The van der Waals surface area contributed by atoms with Crippen LogP contribution in [0.1, 0.15) is 40.9 Å². The van der Waals surface area contributed by atoms with Gasteiger partial charge in [0.25, 0.3) is 0 Å². The normalized spacial score (nSPS) is 12.7. The largest absolute Gasteiger partial charge is 0.305 e. The molecule has 2 nitrogen and oxygen atoms in total. The first-order valence-corrected chi connectivity index (χ1v) is 7.27. The van der Waals surface area contributed by atoms with Crippen LogP contribution in [0.4, 0.5) is 0 Å². The maximum atomic E-state index is 4.46. The van der Waals surface area contributed by atoms with Gasteiger partial charge in [-0.3, -0.25) is 0 Å². The molecular formula is C15H20N2S. The van der Waals surface area contributed by atoms with Crippen molar-refractivity contribution in [1.29, 1.82) is 0 Å². The number of rotatable bonds is 4. The fourth-order valence-electron chi connectivity index (χ4n) is 2.24. The quantitative estimate of drug-likeness (QED) is 0.905. The van der Waals surface area contributed by atoms with Gasteiger partial charge < -0.3 is 5.32 Å². The maximum Gasteiger partial charge on any atom is 0.0795 e. The summed E-state index contributed by atoms with van der Waals surface area (Å²) in [7, 11) is 0. The Morgan fingerprint density at radius 1 is 1.17 bits per heavy atom. The highest BCUT2D eigenvalue weighted by atomic mass is 32.1. The Labute approximate surface area is 113 Å². The molecule has 0 saturated carbocycles. The highest BCUT2D eigenvalue weighted by molar-refractivity contribution is 7.07. The van der Waals surface area contributed by atoms with Gasteiger partial charge in [0.2, 0.25) is 0 Å². The van der Waals surface area contributed by atoms with E-state index in [2.05, 4.69) is 55.5 Å². The molecule has 0 spiro atoms. The van der Waals surface area contributed by atoms with Gasteiger partial charge in [-0.2, -0.15) is 0 Å². The predicted octanol–water partition coefficient (Wildman–Crippen LogP) is 3.77. The minimum atomic E-state index is 0.209. The molecule has 0 fully saturated rings. The van der Waals surface area contributed by atoms with Gasteiger partial charge in [-0.15, -0.1) is 11.3 Å². The third-order valence-electron chi connectivity index (χ3n) is 3.35. The van der Waals surface area contributed by atoms with Crippen LogP contribution < -0.4 is 5.32 Å². The third-order valence-corrected chi connectivity index (χ3v) is 3.95. The first-order chi connectivity index (χ1) is 8.63. The molecule has 1 atom stereocenters. The second-order valence-corrected chi connectivity index (χ2v) is 5.42. The van der Waals surface area contributed by atoms with Crippen molar-refractivity contribution >= 4 is 11.3 Å². The molecule has 1 N–H and O–H groups in total. The van der Waals surface area contributed by atoms with Crippen LogP contribution in [0.5, 0.6) is 0 Å². The van der Waals surface area contributed by atoms with E-state index in [4.69, 9.17) is 0 Å². The molecule has 2 rings (SSSR count). The van der Waals surface area contributed by atoms with Crippen LogP contribution in [0.3, 0.4) is 0 Å². The second kappa shape index (κ2) is 5.63. The molecule has 0 bridgehead atoms. The maximum absolute atomic E-state index is 4.46. The van der Waals surface area contributed by atoms with Crippen LogP contribution in [0.2, 0.25) is 0 Å². The van der Waals surface area contributed by atoms with E-state index < -0.39 is 0 Å². The summed E-state index contributed by atoms with van der Waals surface area (Å²) in [5.41, 5.74) is 8.38. The summed E-state index contributed by atoms with van der Waals surface area (Å²) in [6.45, 7) is 9.59. The number of aryl methyl sites for hydroxylation is 3. The molecule has 0 saturated heterocycles. The van der Waals surface area contributed by atoms with Crippen molar-refractivity contribution in [3.05, 3.63) is 51.0 Å². The number of thiazole rings is 1. The summed E-state index contributed by atoms with van der Waals surface area (Å²) in [4.78, 5) is 4.46. The molecule has 0 aliphatic heterocycles. The second-order valence-electron chi connectivity index (χ2n) is 4.70. The van der Waals surface area contributed by atoms with Crippen LogP contribution in [-0.2, 0) is 0 Å². The predicted molar refractivity (Wildman–Crippen MR) is 78.3 cm³/mol. The summed E-state index contributed by atoms with van der Waals surface area (Å²) >= 11 is 1.65. The summed E-state index contributed by atoms with van der Waals surface area (Å²) in [5.74, 6) is 0. The van der Waals surface area contributed by atoms with Crippen molar-refractivity contribution < 1.29 is 0 Å². The average molecular weight is 260 g/mol. The zero-order valence-corrected chi connectivity index (χ0v) is 12.3. The molecular weight excluding hydrogens is 240 g/mol. The summed E-state index contributed by atoms with van der Waals surface area (Å²) in [6.07, 6.45) is 0. The Bertz CT molecular complexity index is 518. The van der Waals surface area contributed by atoms with E-state index in [0.717, 1.165) is 12.2 Å². The Kier molecular flexibility index (Phi) is 4.15. The molecule has 0 aliphatic rings. The molecule has 1 heterocycles. The highest BCUT2D eigenvalue weighted by Crippen LogP contribution is 2.27. The van der Waals surface area contributed by atoms with E-state index >= 15 is 0 Å². The van der Waals surface area contributed by atoms with Gasteiger partial charge in [-0.25, -0.2) is 4.98 Å². The highest BCUT2D eigenvalue weighted by Gasteiger charge is 2.17. The van der Waals surface area contributed by atoms with Gasteiger partial charge in [0.1, 0.15) is 0 Å².